The molecule has 0 saturated heterocycles. The molecular weight excluding hydrogens is 320 g/mol. The number of thioether (sulfide) groups is 1. The van der Waals surface area contributed by atoms with Gasteiger partial charge in [0.15, 0.2) is 0 Å². The molecule has 0 aliphatic carbocycles. The average Bonchev–Trinajstić information content (AvgIpc) is 3.08. The van der Waals surface area contributed by atoms with Gasteiger partial charge in [0.2, 0.25) is 5.16 Å². The molecule has 1 aromatic heterocycles. The molecule has 0 aliphatic rings. The van der Waals surface area contributed by atoms with Crippen LogP contribution in [0.5, 0.6) is 5.75 Å². The monoisotopic (exact) mass is 340 g/mol. The fourth-order valence-electron chi connectivity index (χ4n) is 2.22. The fourth-order valence-corrected chi connectivity index (χ4v) is 3.17. The van der Waals surface area contributed by atoms with Crippen LogP contribution in [0.4, 0.5) is 0 Å². The summed E-state index contributed by atoms with van der Waals surface area (Å²) in [7, 11) is 0. The van der Waals surface area contributed by atoms with Crippen molar-refractivity contribution in [2.45, 2.75) is 37.4 Å². The van der Waals surface area contributed by atoms with Crippen molar-refractivity contribution in [3.05, 3.63) is 65.7 Å². The first-order chi connectivity index (χ1) is 11.7. The van der Waals surface area contributed by atoms with Gasteiger partial charge in [0.25, 0.3) is 0 Å². The molecule has 0 amide bonds. The number of nitrogens with zero attached hydrogens (tertiary/aromatic N) is 4. The molecule has 1 heterocycles. The Hall–Kier alpha value is -2.34. The zero-order chi connectivity index (χ0) is 16.8. The molecule has 3 rings (SSSR count). The molecule has 0 aliphatic heterocycles. The van der Waals surface area contributed by atoms with Crippen LogP contribution < -0.4 is 4.74 Å². The third-order valence-corrected chi connectivity index (χ3v) is 4.47. The Morgan fingerprint density at radius 1 is 1.04 bits per heavy atom. The number of aromatic nitrogens is 4. The van der Waals surface area contributed by atoms with Crippen molar-refractivity contribution in [1.29, 1.82) is 0 Å². The maximum atomic E-state index is 5.88. The molecule has 3 aromatic rings. The molecule has 0 saturated carbocycles. The van der Waals surface area contributed by atoms with Crippen molar-refractivity contribution in [3.8, 4) is 5.75 Å². The number of ether oxygens (including phenoxy) is 1. The van der Waals surface area contributed by atoms with E-state index in [1.807, 2.05) is 35.0 Å². The molecule has 0 bridgehead atoms. The Labute approximate surface area is 146 Å². The normalized spacial score (nSPS) is 11.0. The van der Waals surface area contributed by atoms with Gasteiger partial charge in [0, 0.05) is 5.75 Å². The van der Waals surface area contributed by atoms with E-state index in [0.29, 0.717) is 6.61 Å². The van der Waals surface area contributed by atoms with E-state index in [0.717, 1.165) is 22.2 Å². The summed E-state index contributed by atoms with van der Waals surface area (Å²) in [4.78, 5) is 0. The van der Waals surface area contributed by atoms with Gasteiger partial charge in [0.1, 0.15) is 12.4 Å². The molecule has 24 heavy (non-hydrogen) atoms. The molecule has 0 fully saturated rings. The largest absolute Gasteiger partial charge is 0.489 e. The third-order valence-electron chi connectivity index (χ3n) is 3.47. The summed E-state index contributed by atoms with van der Waals surface area (Å²) in [5, 5.41) is 12.7. The smallest absolute Gasteiger partial charge is 0.209 e. The van der Waals surface area contributed by atoms with E-state index in [9.17, 15) is 0 Å². The molecular formula is C18H20N4OS. The van der Waals surface area contributed by atoms with E-state index in [-0.39, 0.29) is 6.04 Å². The van der Waals surface area contributed by atoms with Crippen LogP contribution in [0, 0.1) is 0 Å². The van der Waals surface area contributed by atoms with Gasteiger partial charge in [0.05, 0.1) is 6.04 Å². The Morgan fingerprint density at radius 3 is 2.62 bits per heavy atom. The lowest BCUT2D eigenvalue weighted by atomic mass is 10.2. The molecule has 0 spiro atoms. The lowest BCUT2D eigenvalue weighted by Gasteiger charge is -2.09. The second-order valence-corrected chi connectivity index (χ2v) is 6.65. The van der Waals surface area contributed by atoms with Crippen molar-refractivity contribution in [2.75, 3.05) is 0 Å². The minimum absolute atomic E-state index is 0.253. The molecule has 0 N–H and O–H groups in total. The maximum absolute atomic E-state index is 5.88. The number of hydrogen-bond donors (Lipinski definition) is 0. The predicted octanol–water partition coefficient (Wildman–Crippen LogP) is 4.13. The first kappa shape index (κ1) is 16.5. The minimum atomic E-state index is 0.253. The van der Waals surface area contributed by atoms with Crippen LogP contribution in [0.1, 0.15) is 31.0 Å². The highest BCUT2D eigenvalue weighted by Gasteiger charge is 2.10. The summed E-state index contributed by atoms with van der Waals surface area (Å²) in [6.07, 6.45) is 0. The van der Waals surface area contributed by atoms with Crippen molar-refractivity contribution < 1.29 is 4.74 Å². The Balaban J connectivity index is 1.60. The van der Waals surface area contributed by atoms with Gasteiger partial charge in [-0.2, -0.15) is 0 Å². The van der Waals surface area contributed by atoms with Crippen LogP contribution in [-0.4, -0.2) is 20.2 Å². The number of hydrogen-bond acceptors (Lipinski definition) is 5. The topological polar surface area (TPSA) is 52.8 Å². The second-order valence-electron chi connectivity index (χ2n) is 5.71. The number of tetrazole rings is 1. The van der Waals surface area contributed by atoms with E-state index in [1.54, 1.807) is 11.8 Å². The van der Waals surface area contributed by atoms with Gasteiger partial charge >= 0.3 is 0 Å². The molecule has 0 atom stereocenters. The van der Waals surface area contributed by atoms with E-state index in [1.165, 1.54) is 5.56 Å². The molecule has 0 radical (unpaired) electrons. The van der Waals surface area contributed by atoms with Crippen LogP contribution in [0.3, 0.4) is 0 Å². The zero-order valence-electron chi connectivity index (χ0n) is 13.8. The summed E-state index contributed by atoms with van der Waals surface area (Å²) in [6, 6.07) is 18.6. The van der Waals surface area contributed by atoms with Crippen LogP contribution in [0.15, 0.2) is 59.8 Å². The minimum Gasteiger partial charge on any atom is -0.489 e. The lowest BCUT2D eigenvalue weighted by Crippen LogP contribution is -2.04. The Bertz CT molecular complexity index is 773. The van der Waals surface area contributed by atoms with Gasteiger partial charge < -0.3 is 4.74 Å². The van der Waals surface area contributed by atoms with Crippen molar-refractivity contribution in [2.24, 2.45) is 0 Å². The summed E-state index contributed by atoms with van der Waals surface area (Å²) in [5.41, 5.74) is 2.34. The fraction of sp³-hybridized carbons (Fsp3) is 0.278. The van der Waals surface area contributed by atoms with Crippen molar-refractivity contribution in [1.82, 2.24) is 20.2 Å². The zero-order valence-corrected chi connectivity index (χ0v) is 14.6. The number of benzene rings is 2. The lowest BCUT2D eigenvalue weighted by molar-refractivity contribution is 0.306. The third kappa shape index (κ3) is 4.35. The van der Waals surface area contributed by atoms with E-state index in [2.05, 4.69) is 53.6 Å². The van der Waals surface area contributed by atoms with Crippen molar-refractivity contribution >= 4 is 11.8 Å². The maximum Gasteiger partial charge on any atom is 0.209 e. The first-order valence-corrected chi connectivity index (χ1v) is 8.87. The van der Waals surface area contributed by atoms with Crippen molar-refractivity contribution in [3.63, 3.8) is 0 Å². The Morgan fingerprint density at radius 2 is 1.83 bits per heavy atom. The SMILES string of the molecule is CC(C)n1nnnc1SCc1cccc(OCc2ccccc2)c1. The highest BCUT2D eigenvalue weighted by molar-refractivity contribution is 7.98. The molecule has 2 aromatic carbocycles. The first-order valence-electron chi connectivity index (χ1n) is 7.88. The van der Waals surface area contributed by atoms with Gasteiger partial charge in [-0.05, 0) is 47.5 Å². The Kier molecular flexibility index (Phi) is 5.48. The predicted molar refractivity (Wildman–Crippen MR) is 95.0 cm³/mol. The quantitative estimate of drug-likeness (QED) is 0.605. The molecule has 5 nitrogen and oxygen atoms in total. The number of rotatable bonds is 7. The second kappa shape index (κ2) is 7.97. The highest BCUT2D eigenvalue weighted by atomic mass is 32.2. The van der Waals surface area contributed by atoms with Gasteiger partial charge in [-0.3, -0.25) is 0 Å². The van der Waals surface area contributed by atoms with E-state index < -0.39 is 0 Å². The van der Waals surface area contributed by atoms with E-state index in [4.69, 9.17) is 4.74 Å². The average molecular weight is 340 g/mol. The standard InChI is InChI=1S/C18H20N4OS/c1-14(2)22-18(19-20-21-22)24-13-16-9-6-10-17(11-16)23-12-15-7-4-3-5-8-15/h3-11,14H,12-13H2,1-2H3. The van der Waals surface area contributed by atoms with E-state index >= 15 is 0 Å². The summed E-state index contributed by atoms with van der Waals surface area (Å²) >= 11 is 1.63. The highest BCUT2D eigenvalue weighted by Crippen LogP contribution is 2.24. The summed E-state index contributed by atoms with van der Waals surface area (Å²) in [6.45, 7) is 4.71. The van der Waals surface area contributed by atoms with Gasteiger partial charge in [-0.15, -0.1) is 5.10 Å². The van der Waals surface area contributed by atoms with Gasteiger partial charge in [-0.1, -0.05) is 54.2 Å². The van der Waals surface area contributed by atoms with Crippen LogP contribution >= 0.6 is 11.8 Å². The van der Waals surface area contributed by atoms with Crippen LogP contribution in [0.2, 0.25) is 0 Å². The molecule has 0 unspecified atom stereocenters. The molecule has 124 valence electrons. The summed E-state index contributed by atoms with van der Waals surface area (Å²) < 4.78 is 7.71. The summed E-state index contributed by atoms with van der Waals surface area (Å²) in [5.74, 6) is 1.68. The van der Waals surface area contributed by atoms with Crippen LogP contribution in [0.25, 0.3) is 0 Å². The molecule has 6 heteroatoms. The van der Waals surface area contributed by atoms with Gasteiger partial charge in [-0.25, -0.2) is 4.68 Å². The van der Waals surface area contributed by atoms with Crippen LogP contribution in [-0.2, 0) is 12.4 Å².